The van der Waals surface area contributed by atoms with E-state index in [2.05, 4.69) is 15.8 Å². The van der Waals surface area contributed by atoms with Crippen molar-refractivity contribution in [3.05, 3.63) is 29.7 Å². The predicted octanol–water partition coefficient (Wildman–Crippen LogP) is 1.65. The van der Waals surface area contributed by atoms with E-state index in [1.165, 1.54) is 4.90 Å². The van der Waals surface area contributed by atoms with E-state index in [0.29, 0.717) is 30.9 Å². The number of hydrazine groups is 1. The summed E-state index contributed by atoms with van der Waals surface area (Å²) in [5.41, 5.74) is 12.1. The molecule has 2 atom stereocenters. The van der Waals surface area contributed by atoms with Crippen LogP contribution in [-0.2, 0) is 19.1 Å². The molecule has 2 aromatic rings. The molecule has 2 aliphatic rings. The summed E-state index contributed by atoms with van der Waals surface area (Å²) in [6.07, 6.45) is 4.21. The number of carbonyl (C=O) groups is 3. The van der Waals surface area contributed by atoms with E-state index >= 15 is 0 Å². The number of hydrogen-bond donors (Lipinski definition) is 3. The Labute approximate surface area is 227 Å². The summed E-state index contributed by atoms with van der Waals surface area (Å²) in [5.74, 6) is -0.465. The third-order valence-electron chi connectivity index (χ3n) is 6.60. The Bertz CT molecular complexity index is 1270. The van der Waals surface area contributed by atoms with Crippen LogP contribution in [0.15, 0.2) is 18.5 Å². The Hall–Kier alpha value is -3.87. The maximum absolute atomic E-state index is 13.2. The standard InChI is InChI=1S/C26H38N8O5/c1-6-38-22(35)9-10-28-24(36)20-8-7-16(15-33(20)25(37)39-26(2,3)4)19-11-21(27)34-23(31-19)18(13-30-34)17-12-29-32(5)14-17/h11,13-14,16,20,29H,6-10,12,15,27H2,1-5H3,(H,28,36)/t16-,20-/m0/s1. The molecule has 13 heteroatoms. The Morgan fingerprint density at radius 3 is 2.69 bits per heavy atom. The number of hydrogen-bond acceptors (Lipinski definition) is 10. The molecule has 1 saturated heterocycles. The van der Waals surface area contributed by atoms with Crippen molar-refractivity contribution in [2.45, 2.75) is 64.5 Å². The van der Waals surface area contributed by atoms with Gasteiger partial charge in [-0.2, -0.15) is 9.61 Å². The lowest BCUT2D eigenvalue weighted by molar-refractivity contribution is -0.143. The molecule has 4 N–H and O–H groups in total. The highest BCUT2D eigenvalue weighted by atomic mass is 16.6. The molecule has 0 unspecified atom stereocenters. The maximum Gasteiger partial charge on any atom is 0.410 e. The predicted molar refractivity (Wildman–Crippen MR) is 144 cm³/mol. The molecule has 0 aliphatic carbocycles. The number of esters is 1. The summed E-state index contributed by atoms with van der Waals surface area (Å²) in [6, 6.07) is 1.03. The van der Waals surface area contributed by atoms with E-state index in [0.717, 1.165) is 16.8 Å². The van der Waals surface area contributed by atoms with Gasteiger partial charge in [-0.15, -0.1) is 0 Å². The number of likely N-dealkylation sites (tertiary alicyclic amines) is 1. The first kappa shape index (κ1) is 28.1. The number of nitrogens with two attached hydrogens (primary N) is 1. The van der Waals surface area contributed by atoms with Gasteiger partial charge in [0.05, 0.1) is 24.9 Å². The summed E-state index contributed by atoms with van der Waals surface area (Å²) in [6.45, 7) is 8.34. The summed E-state index contributed by atoms with van der Waals surface area (Å²) in [5, 5.41) is 9.06. The second-order valence-electron chi connectivity index (χ2n) is 10.8. The van der Waals surface area contributed by atoms with Crippen LogP contribution in [0.3, 0.4) is 0 Å². The number of nitrogens with one attached hydrogen (secondary N) is 2. The van der Waals surface area contributed by atoms with Crippen LogP contribution < -0.4 is 16.5 Å². The topological polar surface area (TPSA) is 156 Å². The van der Waals surface area contributed by atoms with E-state index in [1.807, 2.05) is 18.3 Å². The fourth-order valence-electron chi connectivity index (χ4n) is 4.79. The molecule has 0 saturated carbocycles. The molecule has 39 heavy (non-hydrogen) atoms. The third kappa shape index (κ3) is 6.59. The molecular weight excluding hydrogens is 504 g/mol. The Balaban J connectivity index is 1.56. The number of aromatic nitrogens is 3. The van der Waals surface area contributed by atoms with Crippen LogP contribution in [0.1, 0.15) is 64.1 Å². The Morgan fingerprint density at radius 2 is 2.03 bits per heavy atom. The van der Waals surface area contributed by atoms with Crippen LogP contribution in [0, 0.1) is 0 Å². The number of amides is 2. The summed E-state index contributed by atoms with van der Waals surface area (Å²) < 4.78 is 12.2. The van der Waals surface area contributed by atoms with Gasteiger partial charge in [-0.25, -0.2) is 15.2 Å². The molecule has 212 valence electrons. The number of nitrogens with zero attached hydrogens (tertiary/aromatic N) is 5. The van der Waals surface area contributed by atoms with Gasteiger partial charge < -0.3 is 25.5 Å². The second kappa shape index (κ2) is 11.5. The Morgan fingerprint density at radius 1 is 1.26 bits per heavy atom. The first-order chi connectivity index (χ1) is 18.5. The third-order valence-corrected chi connectivity index (χ3v) is 6.60. The van der Waals surface area contributed by atoms with Crippen molar-refractivity contribution in [2.75, 3.05) is 39.0 Å². The van der Waals surface area contributed by atoms with Crippen LogP contribution in [-0.4, -0.2) is 87.4 Å². The van der Waals surface area contributed by atoms with E-state index in [4.69, 9.17) is 20.2 Å². The second-order valence-corrected chi connectivity index (χ2v) is 10.8. The summed E-state index contributed by atoms with van der Waals surface area (Å²) in [7, 11) is 1.92. The van der Waals surface area contributed by atoms with E-state index in [1.54, 1.807) is 44.5 Å². The van der Waals surface area contributed by atoms with E-state index in [-0.39, 0.29) is 43.9 Å². The van der Waals surface area contributed by atoms with Gasteiger partial charge in [0.2, 0.25) is 5.91 Å². The van der Waals surface area contributed by atoms with Gasteiger partial charge >= 0.3 is 12.1 Å². The minimum atomic E-state index is -0.741. The highest BCUT2D eigenvalue weighted by molar-refractivity contribution is 5.86. The number of fused-ring (bicyclic) bond motifs is 1. The monoisotopic (exact) mass is 542 g/mol. The highest BCUT2D eigenvalue weighted by Crippen LogP contribution is 2.33. The van der Waals surface area contributed by atoms with Crippen molar-refractivity contribution in [1.29, 1.82) is 0 Å². The van der Waals surface area contributed by atoms with Gasteiger partial charge in [-0.1, -0.05) is 0 Å². The molecule has 2 aromatic heterocycles. The molecule has 2 amide bonds. The number of nitrogen functional groups attached to an aromatic ring is 1. The molecule has 2 aliphatic heterocycles. The molecule has 0 bridgehead atoms. The lowest BCUT2D eigenvalue weighted by Gasteiger charge is -2.39. The number of ether oxygens (including phenoxy) is 2. The number of rotatable bonds is 7. The van der Waals surface area contributed by atoms with Crippen LogP contribution in [0.25, 0.3) is 11.2 Å². The molecule has 4 rings (SSSR count). The minimum Gasteiger partial charge on any atom is -0.466 e. The molecule has 0 aromatic carbocycles. The minimum absolute atomic E-state index is 0.0556. The molecular formula is C26H38N8O5. The van der Waals surface area contributed by atoms with E-state index < -0.39 is 17.7 Å². The molecule has 4 heterocycles. The van der Waals surface area contributed by atoms with Crippen LogP contribution in [0.4, 0.5) is 10.6 Å². The molecule has 0 radical (unpaired) electrons. The van der Waals surface area contributed by atoms with Crippen LogP contribution >= 0.6 is 0 Å². The first-order valence-electron chi connectivity index (χ1n) is 13.2. The highest BCUT2D eigenvalue weighted by Gasteiger charge is 2.39. The number of anilines is 1. The van der Waals surface area contributed by atoms with Crippen molar-refractivity contribution in [1.82, 2.24) is 35.2 Å². The average Bonchev–Trinajstić information content (AvgIpc) is 3.49. The van der Waals surface area contributed by atoms with Crippen molar-refractivity contribution < 1.29 is 23.9 Å². The summed E-state index contributed by atoms with van der Waals surface area (Å²) >= 11 is 0. The quantitative estimate of drug-likeness (QED) is 0.440. The Kier molecular flexibility index (Phi) is 8.28. The molecule has 1 fully saturated rings. The van der Waals surface area contributed by atoms with Gasteiger partial charge in [0.15, 0.2) is 5.65 Å². The summed E-state index contributed by atoms with van der Waals surface area (Å²) in [4.78, 5) is 44.4. The van der Waals surface area contributed by atoms with Crippen molar-refractivity contribution >= 4 is 35.0 Å². The fraction of sp³-hybridized carbons (Fsp3) is 0.577. The lowest BCUT2D eigenvalue weighted by atomic mass is 9.89. The maximum atomic E-state index is 13.2. The largest absolute Gasteiger partial charge is 0.466 e. The average molecular weight is 543 g/mol. The van der Waals surface area contributed by atoms with Crippen molar-refractivity contribution in [3.8, 4) is 0 Å². The number of carbonyl (C=O) groups excluding carboxylic acids is 3. The lowest BCUT2D eigenvalue weighted by Crippen LogP contribution is -2.54. The van der Waals surface area contributed by atoms with Gasteiger partial charge in [-0.3, -0.25) is 14.5 Å². The van der Waals surface area contributed by atoms with Crippen molar-refractivity contribution in [3.63, 3.8) is 0 Å². The van der Waals surface area contributed by atoms with Crippen molar-refractivity contribution in [2.24, 2.45) is 0 Å². The zero-order valence-corrected chi connectivity index (χ0v) is 23.2. The SMILES string of the molecule is CCOC(=O)CCNC(=O)[C@@H]1CC[C@H](c2cc(N)n3ncc(C4=CN(C)NC4)c3n2)CN1C(=O)OC(C)(C)C. The molecule has 13 nitrogen and oxygen atoms in total. The zero-order valence-electron chi connectivity index (χ0n) is 23.2. The van der Waals surface area contributed by atoms with E-state index in [9.17, 15) is 14.4 Å². The number of piperidine rings is 1. The van der Waals surface area contributed by atoms with Gasteiger partial charge in [0.25, 0.3) is 0 Å². The van der Waals surface area contributed by atoms with Crippen LogP contribution in [0.2, 0.25) is 0 Å². The smallest absolute Gasteiger partial charge is 0.410 e. The molecule has 0 spiro atoms. The van der Waals surface area contributed by atoms with Gasteiger partial charge in [0, 0.05) is 50.4 Å². The van der Waals surface area contributed by atoms with Gasteiger partial charge in [0.1, 0.15) is 17.5 Å². The normalized spacial score (nSPS) is 19.7. The fourth-order valence-corrected chi connectivity index (χ4v) is 4.79. The zero-order chi connectivity index (χ0) is 28.3. The van der Waals surface area contributed by atoms with Gasteiger partial charge in [-0.05, 0) is 46.1 Å². The van der Waals surface area contributed by atoms with Crippen LogP contribution in [0.5, 0.6) is 0 Å². The first-order valence-corrected chi connectivity index (χ1v) is 13.2.